The maximum Gasteiger partial charge on any atom is 0.420 e. The molecule has 11 nitrogen and oxygen atoms in total. The minimum absolute atomic E-state index is 0.0393. The Morgan fingerprint density at radius 2 is 1.79 bits per heavy atom. The molecule has 1 aliphatic heterocycles. The third kappa shape index (κ3) is 6.44. The first-order chi connectivity index (χ1) is 20.3. The Morgan fingerprint density at radius 3 is 2.37 bits per heavy atom. The van der Waals surface area contributed by atoms with Gasteiger partial charge in [-0.25, -0.2) is 19.0 Å². The van der Waals surface area contributed by atoms with E-state index in [0.29, 0.717) is 36.3 Å². The van der Waals surface area contributed by atoms with Crippen molar-refractivity contribution in [1.29, 1.82) is 5.26 Å². The maximum absolute atomic E-state index is 13.2. The van der Waals surface area contributed by atoms with Crippen molar-refractivity contribution in [3.63, 3.8) is 0 Å². The van der Waals surface area contributed by atoms with Crippen molar-refractivity contribution in [3.05, 3.63) is 48.0 Å². The Hall–Kier alpha value is -4.17. The molecule has 1 aliphatic carbocycles. The van der Waals surface area contributed by atoms with E-state index in [-0.39, 0.29) is 23.9 Å². The van der Waals surface area contributed by atoms with Crippen LogP contribution in [0.1, 0.15) is 78.6 Å². The molecule has 11 heteroatoms. The number of hydrogen-bond donors (Lipinski definition) is 1. The van der Waals surface area contributed by atoms with E-state index in [1.807, 2.05) is 31.3 Å². The molecule has 2 fully saturated rings. The number of amides is 2. The van der Waals surface area contributed by atoms with Gasteiger partial charge in [0.2, 0.25) is 0 Å². The third-order valence-electron chi connectivity index (χ3n) is 7.73. The van der Waals surface area contributed by atoms with Crippen LogP contribution in [0.25, 0.3) is 16.6 Å². The number of nitrogens with zero attached hydrogens (tertiary/aromatic N) is 5. The van der Waals surface area contributed by atoms with Gasteiger partial charge in [0.15, 0.2) is 0 Å². The van der Waals surface area contributed by atoms with Crippen LogP contribution in [-0.2, 0) is 9.47 Å². The SMILES string of the molecule is CCOc1cc(-c2ccc([C@H]3NC[C@H]4C[C@H](N(C(=O)OC(C)(C)C)C(=O)OC(C)(C)C)C[C@@H]43)nc2)c2c(C#N)cnn2c1. The quantitative estimate of drug-likeness (QED) is 0.388. The molecule has 43 heavy (non-hydrogen) atoms. The molecule has 0 unspecified atom stereocenters. The van der Waals surface area contributed by atoms with Crippen LogP contribution in [0.5, 0.6) is 5.75 Å². The molecule has 4 atom stereocenters. The number of carbonyl (C=O) groups excluding carboxylic acids is 2. The summed E-state index contributed by atoms with van der Waals surface area (Å²) in [5, 5.41) is 17.6. The Morgan fingerprint density at radius 1 is 1.09 bits per heavy atom. The highest BCUT2D eigenvalue weighted by Gasteiger charge is 2.49. The summed E-state index contributed by atoms with van der Waals surface area (Å²) in [6, 6.07) is 7.74. The lowest BCUT2D eigenvalue weighted by atomic mass is 9.91. The van der Waals surface area contributed by atoms with Gasteiger partial charge in [0, 0.05) is 23.4 Å². The number of rotatable bonds is 5. The summed E-state index contributed by atoms with van der Waals surface area (Å²) in [6.07, 6.45) is 5.03. The van der Waals surface area contributed by atoms with Crippen LogP contribution in [-0.4, -0.2) is 62.1 Å². The van der Waals surface area contributed by atoms with Crippen molar-refractivity contribution >= 4 is 17.7 Å². The van der Waals surface area contributed by atoms with Gasteiger partial charge >= 0.3 is 12.2 Å². The molecule has 3 aromatic rings. The van der Waals surface area contributed by atoms with Crippen LogP contribution >= 0.6 is 0 Å². The minimum atomic E-state index is -0.750. The monoisotopic (exact) mass is 588 g/mol. The fourth-order valence-electron chi connectivity index (χ4n) is 6.12. The summed E-state index contributed by atoms with van der Waals surface area (Å²) in [6.45, 7) is 13.9. The van der Waals surface area contributed by atoms with E-state index in [0.717, 1.165) is 23.4 Å². The number of nitrogens with one attached hydrogen (secondary N) is 1. The zero-order chi connectivity index (χ0) is 31.1. The topological polar surface area (TPSA) is 131 Å². The predicted octanol–water partition coefficient (Wildman–Crippen LogP) is 5.88. The van der Waals surface area contributed by atoms with E-state index in [4.69, 9.17) is 19.2 Å². The molecule has 3 aromatic heterocycles. The highest BCUT2D eigenvalue weighted by Crippen LogP contribution is 2.46. The van der Waals surface area contributed by atoms with Gasteiger partial charge in [-0.3, -0.25) is 4.98 Å². The Balaban J connectivity index is 1.39. The van der Waals surface area contributed by atoms with Gasteiger partial charge in [0.25, 0.3) is 0 Å². The summed E-state index contributed by atoms with van der Waals surface area (Å²) in [5.74, 6) is 1.08. The molecule has 228 valence electrons. The highest BCUT2D eigenvalue weighted by atomic mass is 16.6. The highest BCUT2D eigenvalue weighted by molar-refractivity contribution is 5.88. The summed E-state index contributed by atoms with van der Waals surface area (Å²) in [7, 11) is 0. The number of ether oxygens (including phenoxy) is 3. The van der Waals surface area contributed by atoms with Crippen LogP contribution < -0.4 is 10.1 Å². The van der Waals surface area contributed by atoms with Gasteiger partial charge in [-0.15, -0.1) is 0 Å². The molecule has 4 heterocycles. The van der Waals surface area contributed by atoms with Crippen molar-refractivity contribution in [3.8, 4) is 22.9 Å². The first kappa shape index (κ1) is 30.3. The molecule has 0 bridgehead atoms. The molecule has 5 rings (SSSR count). The van der Waals surface area contributed by atoms with Crippen molar-refractivity contribution in [2.75, 3.05) is 13.2 Å². The normalized spacial score (nSPS) is 21.7. The number of carbonyl (C=O) groups is 2. The molecule has 1 N–H and O–H groups in total. The average Bonchev–Trinajstić information content (AvgIpc) is 3.61. The van der Waals surface area contributed by atoms with E-state index in [9.17, 15) is 14.9 Å². The largest absolute Gasteiger partial charge is 0.492 e. The van der Waals surface area contributed by atoms with E-state index in [2.05, 4.69) is 16.5 Å². The van der Waals surface area contributed by atoms with Gasteiger partial charge in [0.1, 0.15) is 23.0 Å². The number of hydrogen-bond acceptors (Lipinski definition) is 9. The Labute approximate surface area is 252 Å². The van der Waals surface area contributed by atoms with Crippen LogP contribution in [0.2, 0.25) is 0 Å². The number of aromatic nitrogens is 3. The van der Waals surface area contributed by atoms with Gasteiger partial charge < -0.3 is 19.5 Å². The first-order valence-corrected chi connectivity index (χ1v) is 14.8. The van der Waals surface area contributed by atoms with Crippen molar-refractivity contribution in [2.45, 2.75) is 84.6 Å². The summed E-state index contributed by atoms with van der Waals surface area (Å²) >= 11 is 0. The fourth-order valence-corrected chi connectivity index (χ4v) is 6.12. The average molecular weight is 589 g/mol. The van der Waals surface area contributed by atoms with Crippen molar-refractivity contribution in [1.82, 2.24) is 24.8 Å². The maximum atomic E-state index is 13.2. The smallest absolute Gasteiger partial charge is 0.420 e. The zero-order valence-electron chi connectivity index (χ0n) is 25.9. The third-order valence-corrected chi connectivity index (χ3v) is 7.73. The van der Waals surface area contributed by atoms with Gasteiger partial charge in [-0.05, 0) is 91.8 Å². The summed E-state index contributed by atoms with van der Waals surface area (Å²) < 4.78 is 18.7. The molecule has 2 amide bonds. The van der Waals surface area contributed by atoms with Gasteiger partial charge in [0.05, 0.1) is 41.8 Å². The second-order valence-electron chi connectivity index (χ2n) is 13.2. The fraction of sp³-hybridized carbons (Fsp3) is 0.531. The van der Waals surface area contributed by atoms with Crippen LogP contribution in [0.4, 0.5) is 9.59 Å². The lowest BCUT2D eigenvalue weighted by Gasteiger charge is -2.32. The lowest BCUT2D eigenvalue weighted by molar-refractivity contribution is -0.00750. The first-order valence-electron chi connectivity index (χ1n) is 14.8. The molecular formula is C32H40N6O5. The second-order valence-corrected chi connectivity index (χ2v) is 13.2. The van der Waals surface area contributed by atoms with E-state index >= 15 is 0 Å². The zero-order valence-corrected chi connectivity index (χ0v) is 25.9. The minimum Gasteiger partial charge on any atom is -0.492 e. The van der Waals surface area contributed by atoms with Crippen LogP contribution in [0.3, 0.4) is 0 Å². The molecule has 0 spiro atoms. The van der Waals surface area contributed by atoms with E-state index in [1.165, 1.54) is 4.90 Å². The number of fused-ring (bicyclic) bond motifs is 2. The standard InChI is InChI=1S/C32H40N6O5/c1-8-41-23-13-25(28-21(14-33)17-36-37(28)18-23)19-9-10-26(34-15-19)27-24-12-22(11-20(24)16-35-27)38(29(39)42-31(2,3)4)30(40)43-32(5,6)7/h9-10,13,15,17-18,20,22,24,27,35H,8,11-12,16H2,1-7H3/t20-,22+,24+,27+/m1/s1. The molecule has 0 aromatic carbocycles. The van der Waals surface area contributed by atoms with Crippen LogP contribution in [0.15, 0.2) is 36.8 Å². The predicted molar refractivity (Wildman–Crippen MR) is 159 cm³/mol. The summed E-state index contributed by atoms with van der Waals surface area (Å²) in [5.41, 5.74) is 2.20. The number of imide groups is 1. The Bertz CT molecular complexity index is 1520. The van der Waals surface area contributed by atoms with Gasteiger partial charge in [-0.2, -0.15) is 10.4 Å². The molecule has 1 saturated heterocycles. The number of nitriles is 1. The van der Waals surface area contributed by atoms with Crippen LogP contribution in [0, 0.1) is 23.2 Å². The molecule has 0 radical (unpaired) electrons. The molecule has 2 aliphatic rings. The molecule has 1 saturated carbocycles. The Kier molecular flexibility index (Phi) is 8.09. The second kappa shape index (κ2) is 11.5. The van der Waals surface area contributed by atoms with Crippen molar-refractivity contribution < 1.29 is 23.8 Å². The number of pyridine rings is 2. The summed E-state index contributed by atoms with van der Waals surface area (Å²) in [4.78, 5) is 32.5. The van der Waals surface area contributed by atoms with E-state index in [1.54, 1.807) is 58.5 Å². The molecular weight excluding hydrogens is 548 g/mol. The van der Waals surface area contributed by atoms with Gasteiger partial charge in [-0.1, -0.05) is 6.07 Å². The van der Waals surface area contributed by atoms with Crippen molar-refractivity contribution in [2.24, 2.45) is 11.8 Å². The van der Waals surface area contributed by atoms with E-state index < -0.39 is 23.4 Å². The lowest BCUT2D eigenvalue weighted by Crippen LogP contribution is -2.48.